The van der Waals surface area contributed by atoms with Gasteiger partial charge in [0.2, 0.25) is 0 Å². The van der Waals surface area contributed by atoms with Gasteiger partial charge in [0.05, 0.1) is 17.3 Å². The minimum atomic E-state index is -0.713. The lowest BCUT2D eigenvalue weighted by Crippen LogP contribution is -2.25. The fourth-order valence-corrected chi connectivity index (χ4v) is 4.38. The van der Waals surface area contributed by atoms with Crippen molar-refractivity contribution in [1.82, 2.24) is 0 Å². The number of ether oxygens (including phenoxy) is 1. The van der Waals surface area contributed by atoms with E-state index < -0.39 is 5.60 Å². The molecule has 1 heterocycles. The Morgan fingerprint density at radius 2 is 2.09 bits per heavy atom. The molecule has 0 aromatic carbocycles. The van der Waals surface area contributed by atoms with Crippen molar-refractivity contribution >= 4 is 0 Å². The van der Waals surface area contributed by atoms with E-state index in [0.717, 1.165) is 31.1 Å². The monoisotopic (exact) mass is 304 g/mol. The number of aliphatic hydroxyl groups is 1. The highest BCUT2D eigenvalue weighted by Gasteiger charge is 2.56. The first-order valence-electron chi connectivity index (χ1n) is 8.89. The van der Waals surface area contributed by atoms with E-state index in [1.807, 2.05) is 19.9 Å². The van der Waals surface area contributed by atoms with E-state index >= 15 is 0 Å². The van der Waals surface area contributed by atoms with Gasteiger partial charge in [-0.25, -0.2) is 0 Å². The lowest BCUT2D eigenvalue weighted by Gasteiger charge is -2.31. The van der Waals surface area contributed by atoms with Gasteiger partial charge in [-0.15, -0.1) is 0 Å². The molecule has 2 nitrogen and oxygen atoms in total. The van der Waals surface area contributed by atoms with Gasteiger partial charge in [-0.3, -0.25) is 0 Å². The third kappa shape index (κ3) is 3.33. The summed E-state index contributed by atoms with van der Waals surface area (Å²) in [7, 11) is 0. The largest absolute Gasteiger partial charge is 0.386 e. The third-order valence-corrected chi connectivity index (χ3v) is 6.28. The lowest BCUT2D eigenvalue weighted by atomic mass is 9.73. The van der Waals surface area contributed by atoms with Crippen LogP contribution in [0.3, 0.4) is 0 Å². The van der Waals surface area contributed by atoms with E-state index in [4.69, 9.17) is 4.74 Å². The van der Waals surface area contributed by atoms with E-state index in [-0.39, 0.29) is 5.60 Å². The smallest absolute Gasteiger partial charge is 0.0920 e. The quantitative estimate of drug-likeness (QED) is 0.609. The molecule has 124 valence electrons. The standard InChI is InChI=1S/C20H32O2/c1-14-7-8-17-20(5,22-17)12-11-19(4,16-13-15(14)16)10-6-9-18(2,3)21/h6,9,15-17,21H,1,7-8,10-13H2,2-5H3/b9-6+/t15-,16+,17+,19+,20+/m0/s1. The van der Waals surface area contributed by atoms with Crippen LogP contribution in [0.15, 0.2) is 24.3 Å². The zero-order valence-corrected chi connectivity index (χ0v) is 14.7. The van der Waals surface area contributed by atoms with Crippen LogP contribution in [-0.4, -0.2) is 22.4 Å². The Hall–Kier alpha value is -0.600. The van der Waals surface area contributed by atoms with Gasteiger partial charge in [0.1, 0.15) is 0 Å². The van der Waals surface area contributed by atoms with Crippen molar-refractivity contribution < 1.29 is 9.84 Å². The number of fused-ring (bicyclic) bond motifs is 2. The van der Waals surface area contributed by atoms with Gasteiger partial charge in [-0.2, -0.15) is 0 Å². The average Bonchev–Trinajstić information content (AvgIpc) is 3.27. The summed E-state index contributed by atoms with van der Waals surface area (Å²) in [4.78, 5) is 0. The molecule has 0 bridgehead atoms. The molecule has 0 radical (unpaired) electrons. The molecule has 0 aromatic heterocycles. The van der Waals surface area contributed by atoms with Crippen LogP contribution in [-0.2, 0) is 4.74 Å². The first-order chi connectivity index (χ1) is 10.1. The number of rotatable bonds is 3. The van der Waals surface area contributed by atoms with Crippen molar-refractivity contribution in [1.29, 1.82) is 0 Å². The minimum absolute atomic E-state index is 0.114. The van der Waals surface area contributed by atoms with Gasteiger partial charge in [0, 0.05) is 0 Å². The Balaban J connectivity index is 1.72. The van der Waals surface area contributed by atoms with E-state index in [0.29, 0.717) is 11.5 Å². The highest BCUT2D eigenvalue weighted by atomic mass is 16.6. The first-order valence-corrected chi connectivity index (χ1v) is 8.89. The molecule has 5 atom stereocenters. The minimum Gasteiger partial charge on any atom is -0.386 e. The van der Waals surface area contributed by atoms with Crippen molar-refractivity contribution in [3.63, 3.8) is 0 Å². The topological polar surface area (TPSA) is 32.8 Å². The maximum Gasteiger partial charge on any atom is 0.0920 e. The van der Waals surface area contributed by atoms with Gasteiger partial charge in [0.25, 0.3) is 0 Å². The van der Waals surface area contributed by atoms with Crippen LogP contribution in [0.1, 0.15) is 66.2 Å². The molecule has 3 fully saturated rings. The van der Waals surface area contributed by atoms with E-state index in [1.165, 1.54) is 24.8 Å². The van der Waals surface area contributed by atoms with E-state index in [2.05, 4.69) is 26.5 Å². The number of hydrogen-bond donors (Lipinski definition) is 1. The van der Waals surface area contributed by atoms with Gasteiger partial charge in [-0.1, -0.05) is 31.2 Å². The van der Waals surface area contributed by atoms with Gasteiger partial charge < -0.3 is 9.84 Å². The fraction of sp³-hybridized carbons (Fsp3) is 0.800. The van der Waals surface area contributed by atoms with Crippen LogP contribution >= 0.6 is 0 Å². The molecule has 0 amide bonds. The Morgan fingerprint density at radius 1 is 1.36 bits per heavy atom. The summed E-state index contributed by atoms with van der Waals surface area (Å²) in [6, 6.07) is 0. The van der Waals surface area contributed by atoms with Crippen LogP contribution in [0.4, 0.5) is 0 Å². The first kappa shape index (κ1) is 16.3. The van der Waals surface area contributed by atoms with Gasteiger partial charge in [-0.05, 0) is 76.5 Å². The number of epoxide rings is 1. The van der Waals surface area contributed by atoms with Crippen molar-refractivity contribution in [2.75, 3.05) is 0 Å². The summed E-state index contributed by atoms with van der Waals surface area (Å²) in [6.45, 7) is 12.7. The highest BCUT2D eigenvalue weighted by Crippen LogP contribution is 2.61. The van der Waals surface area contributed by atoms with Crippen LogP contribution in [0.5, 0.6) is 0 Å². The van der Waals surface area contributed by atoms with Crippen molar-refractivity contribution in [2.24, 2.45) is 17.3 Å². The lowest BCUT2D eigenvalue weighted by molar-refractivity contribution is 0.131. The second-order valence-electron chi connectivity index (χ2n) is 8.98. The molecule has 2 heteroatoms. The Kier molecular flexibility index (Phi) is 3.85. The zero-order valence-electron chi connectivity index (χ0n) is 14.7. The molecule has 2 saturated carbocycles. The predicted octanol–water partition coefficient (Wildman–Crippen LogP) is 4.63. The summed E-state index contributed by atoms with van der Waals surface area (Å²) in [5.74, 6) is 1.49. The molecule has 0 unspecified atom stereocenters. The van der Waals surface area contributed by atoms with E-state index in [1.54, 1.807) is 0 Å². The molecule has 0 aromatic rings. The predicted molar refractivity (Wildman–Crippen MR) is 90.6 cm³/mol. The van der Waals surface area contributed by atoms with Crippen LogP contribution in [0.25, 0.3) is 0 Å². The molecular formula is C20H32O2. The summed E-state index contributed by atoms with van der Waals surface area (Å²) >= 11 is 0. The fourth-order valence-electron chi connectivity index (χ4n) is 4.38. The van der Waals surface area contributed by atoms with Crippen molar-refractivity contribution in [2.45, 2.75) is 83.5 Å². The normalized spacial score (nSPS) is 45.3. The molecular weight excluding hydrogens is 272 g/mol. The molecule has 0 spiro atoms. The second kappa shape index (κ2) is 5.21. The molecule has 1 N–H and O–H groups in total. The van der Waals surface area contributed by atoms with Gasteiger partial charge in [0.15, 0.2) is 0 Å². The molecule has 2 aliphatic carbocycles. The average molecular weight is 304 g/mol. The van der Waals surface area contributed by atoms with Crippen LogP contribution in [0.2, 0.25) is 0 Å². The van der Waals surface area contributed by atoms with E-state index in [9.17, 15) is 5.11 Å². The van der Waals surface area contributed by atoms with Crippen molar-refractivity contribution in [3.05, 3.63) is 24.3 Å². The molecule has 22 heavy (non-hydrogen) atoms. The van der Waals surface area contributed by atoms with Crippen molar-refractivity contribution in [3.8, 4) is 0 Å². The maximum atomic E-state index is 9.90. The Bertz CT molecular complexity index is 486. The summed E-state index contributed by atoms with van der Waals surface area (Å²) in [5.41, 5.74) is 1.16. The summed E-state index contributed by atoms with van der Waals surface area (Å²) in [6.07, 6.45) is 11.6. The SMILES string of the molecule is C=C1CC[C@H]2O[C@]2(C)CC[C@@](C)(C/C=C/C(C)(C)O)[C@@H]2C[C@@H]12. The molecule has 1 saturated heterocycles. The molecule has 1 aliphatic heterocycles. The second-order valence-corrected chi connectivity index (χ2v) is 8.98. The van der Waals surface area contributed by atoms with Gasteiger partial charge >= 0.3 is 0 Å². The Labute approximate surface area is 135 Å². The zero-order chi connectivity index (χ0) is 16.2. The maximum absolute atomic E-state index is 9.90. The van der Waals surface area contributed by atoms with Crippen LogP contribution < -0.4 is 0 Å². The summed E-state index contributed by atoms with van der Waals surface area (Å²) in [5, 5.41) is 9.90. The highest BCUT2D eigenvalue weighted by molar-refractivity contribution is 5.18. The summed E-state index contributed by atoms with van der Waals surface area (Å²) < 4.78 is 5.99. The number of allylic oxidation sites excluding steroid dienone is 2. The number of hydrogen-bond acceptors (Lipinski definition) is 2. The molecule has 3 aliphatic rings. The molecule has 3 rings (SSSR count). The van der Waals surface area contributed by atoms with Crippen LogP contribution in [0, 0.1) is 17.3 Å². The third-order valence-electron chi connectivity index (χ3n) is 6.28. The Morgan fingerprint density at radius 3 is 2.77 bits per heavy atom.